The number of halogens is 2. The van der Waals surface area contributed by atoms with E-state index in [0.717, 1.165) is 11.1 Å². The van der Waals surface area contributed by atoms with Crippen LogP contribution in [-0.4, -0.2) is 32.8 Å². The minimum Gasteiger partial charge on any atom is -0.336 e. The topological polar surface area (TPSA) is 61.9 Å². The van der Waals surface area contributed by atoms with Gasteiger partial charge in [0.1, 0.15) is 17.2 Å². The van der Waals surface area contributed by atoms with Crippen molar-refractivity contribution in [2.24, 2.45) is 0 Å². The first kappa shape index (κ1) is 22.0. The van der Waals surface area contributed by atoms with E-state index in [1.165, 1.54) is 17.8 Å². The number of carbonyl (C=O) groups is 1. The Morgan fingerprint density at radius 1 is 1.09 bits per heavy atom. The summed E-state index contributed by atoms with van der Waals surface area (Å²) in [6.45, 7) is 0.432. The minimum atomic E-state index is -0.367. The van der Waals surface area contributed by atoms with Crippen molar-refractivity contribution in [2.45, 2.75) is 17.5 Å². The number of rotatable bonds is 7. The van der Waals surface area contributed by atoms with Gasteiger partial charge in [0.15, 0.2) is 5.16 Å². The maximum absolute atomic E-state index is 14.2. The van der Waals surface area contributed by atoms with Crippen molar-refractivity contribution in [2.75, 3.05) is 7.05 Å². The molecule has 2 aromatic heterocycles. The van der Waals surface area contributed by atoms with E-state index in [2.05, 4.69) is 15.0 Å². The van der Waals surface area contributed by atoms with Crippen LogP contribution in [0, 0.1) is 5.82 Å². The fourth-order valence-corrected chi connectivity index (χ4v) is 4.43. The van der Waals surface area contributed by atoms with E-state index < -0.39 is 0 Å². The third-order valence-electron chi connectivity index (χ3n) is 4.87. The predicted octanol–water partition coefficient (Wildman–Crippen LogP) is 5.83. The molecule has 0 saturated heterocycles. The molecular formula is C24H20ClFN4OS. The Kier molecular flexibility index (Phi) is 6.87. The number of imidazole rings is 1. The van der Waals surface area contributed by atoms with E-state index in [-0.39, 0.29) is 17.5 Å². The second kappa shape index (κ2) is 9.97. The summed E-state index contributed by atoms with van der Waals surface area (Å²) in [7, 11) is 1.74. The lowest BCUT2D eigenvalue weighted by Crippen LogP contribution is -2.27. The number of nitrogens with zero attached hydrogens (tertiary/aromatic N) is 3. The van der Waals surface area contributed by atoms with Crippen molar-refractivity contribution < 1.29 is 9.18 Å². The molecule has 2 heterocycles. The Labute approximate surface area is 194 Å². The van der Waals surface area contributed by atoms with Crippen LogP contribution in [0.25, 0.3) is 11.3 Å². The van der Waals surface area contributed by atoms with Gasteiger partial charge in [-0.05, 0) is 29.8 Å². The van der Waals surface area contributed by atoms with E-state index in [0.29, 0.717) is 33.7 Å². The molecular weight excluding hydrogens is 447 g/mol. The van der Waals surface area contributed by atoms with Gasteiger partial charge in [-0.3, -0.25) is 9.78 Å². The molecule has 0 saturated carbocycles. The fourth-order valence-electron chi connectivity index (χ4n) is 3.22. The normalized spacial score (nSPS) is 10.8. The second-order valence-electron chi connectivity index (χ2n) is 7.14. The predicted molar refractivity (Wildman–Crippen MR) is 125 cm³/mol. The molecule has 5 nitrogen and oxygen atoms in total. The SMILES string of the molecule is CN(Cc1ccncc1)C(=O)c1[nH]c(SCc2c(F)cccc2Cl)nc1-c1ccccc1. The number of nitrogens with one attached hydrogen (secondary N) is 1. The number of amides is 1. The van der Waals surface area contributed by atoms with Gasteiger partial charge in [-0.2, -0.15) is 0 Å². The molecule has 0 aliphatic carbocycles. The first-order chi connectivity index (χ1) is 15.5. The molecule has 0 spiro atoms. The first-order valence-corrected chi connectivity index (χ1v) is 11.2. The van der Waals surface area contributed by atoms with Gasteiger partial charge >= 0.3 is 0 Å². The summed E-state index contributed by atoms with van der Waals surface area (Å²) in [5.74, 6) is -0.273. The van der Waals surface area contributed by atoms with Gasteiger partial charge in [0, 0.05) is 47.9 Å². The lowest BCUT2D eigenvalue weighted by Gasteiger charge is -2.17. The van der Waals surface area contributed by atoms with Gasteiger partial charge in [0.25, 0.3) is 5.91 Å². The van der Waals surface area contributed by atoms with Crippen molar-refractivity contribution in [3.8, 4) is 11.3 Å². The molecule has 0 bridgehead atoms. The highest BCUT2D eigenvalue weighted by Gasteiger charge is 2.22. The van der Waals surface area contributed by atoms with Crippen LogP contribution in [0.15, 0.2) is 78.2 Å². The maximum atomic E-state index is 14.2. The Morgan fingerprint density at radius 3 is 2.56 bits per heavy atom. The Morgan fingerprint density at radius 2 is 1.84 bits per heavy atom. The first-order valence-electron chi connectivity index (χ1n) is 9.88. The standard InChI is InChI=1S/C24H20ClFN4OS/c1-30(14-16-10-12-27-13-11-16)23(31)22-21(17-6-3-2-4-7-17)28-24(29-22)32-15-18-19(25)8-5-9-20(18)26/h2-13H,14-15H2,1H3,(H,28,29). The summed E-state index contributed by atoms with van der Waals surface area (Å²) in [6.07, 6.45) is 3.39. The van der Waals surface area contributed by atoms with Gasteiger partial charge in [0.05, 0.1) is 0 Å². The Balaban J connectivity index is 1.62. The smallest absolute Gasteiger partial charge is 0.272 e. The van der Waals surface area contributed by atoms with Crippen molar-refractivity contribution in [1.82, 2.24) is 19.9 Å². The number of carbonyl (C=O) groups excluding carboxylic acids is 1. The number of pyridine rings is 1. The van der Waals surface area contributed by atoms with Crippen molar-refractivity contribution >= 4 is 29.3 Å². The molecule has 0 radical (unpaired) electrons. The number of H-pyrrole nitrogens is 1. The number of aromatic amines is 1. The monoisotopic (exact) mass is 466 g/mol. The molecule has 32 heavy (non-hydrogen) atoms. The summed E-state index contributed by atoms with van der Waals surface area (Å²) in [6, 6.07) is 17.8. The average molecular weight is 467 g/mol. The van der Waals surface area contributed by atoms with Crippen LogP contribution < -0.4 is 0 Å². The van der Waals surface area contributed by atoms with Crippen LogP contribution in [0.1, 0.15) is 21.6 Å². The number of aromatic nitrogens is 3. The number of thioether (sulfide) groups is 1. The van der Waals surface area contributed by atoms with Gasteiger partial charge < -0.3 is 9.88 Å². The molecule has 162 valence electrons. The molecule has 4 aromatic rings. The molecule has 2 aromatic carbocycles. The molecule has 0 atom stereocenters. The van der Waals surface area contributed by atoms with E-state index in [1.807, 2.05) is 42.5 Å². The molecule has 0 aliphatic heterocycles. The highest BCUT2D eigenvalue weighted by molar-refractivity contribution is 7.98. The number of hydrogen-bond donors (Lipinski definition) is 1. The van der Waals surface area contributed by atoms with E-state index in [9.17, 15) is 9.18 Å². The van der Waals surface area contributed by atoms with Crippen LogP contribution in [0.3, 0.4) is 0 Å². The molecule has 0 aliphatic rings. The van der Waals surface area contributed by atoms with Crippen molar-refractivity contribution in [3.63, 3.8) is 0 Å². The van der Waals surface area contributed by atoms with Gasteiger partial charge in [-0.1, -0.05) is 59.8 Å². The summed E-state index contributed by atoms with van der Waals surface area (Å²) in [4.78, 5) is 26.7. The van der Waals surface area contributed by atoms with Gasteiger partial charge in [0.2, 0.25) is 0 Å². The lowest BCUT2D eigenvalue weighted by molar-refractivity contribution is 0.0780. The van der Waals surface area contributed by atoms with Crippen LogP contribution in [0.4, 0.5) is 4.39 Å². The van der Waals surface area contributed by atoms with Crippen LogP contribution in [-0.2, 0) is 12.3 Å². The summed E-state index contributed by atoms with van der Waals surface area (Å²) in [5, 5.41) is 0.879. The minimum absolute atomic E-state index is 0.191. The average Bonchev–Trinajstić information content (AvgIpc) is 3.24. The zero-order chi connectivity index (χ0) is 22.5. The molecule has 1 N–H and O–H groups in total. The largest absolute Gasteiger partial charge is 0.336 e. The summed E-state index contributed by atoms with van der Waals surface area (Å²) < 4.78 is 14.2. The lowest BCUT2D eigenvalue weighted by atomic mass is 10.1. The number of hydrogen-bond acceptors (Lipinski definition) is 4. The van der Waals surface area contributed by atoms with Crippen molar-refractivity contribution in [3.05, 3.63) is 101 Å². The highest BCUT2D eigenvalue weighted by atomic mass is 35.5. The molecule has 8 heteroatoms. The van der Waals surface area contributed by atoms with Crippen LogP contribution >= 0.6 is 23.4 Å². The van der Waals surface area contributed by atoms with E-state index in [4.69, 9.17) is 11.6 Å². The molecule has 0 unspecified atom stereocenters. The summed E-state index contributed by atoms with van der Waals surface area (Å²) >= 11 is 7.44. The zero-order valence-electron chi connectivity index (χ0n) is 17.3. The van der Waals surface area contributed by atoms with E-state index >= 15 is 0 Å². The fraction of sp³-hybridized carbons (Fsp3) is 0.125. The maximum Gasteiger partial charge on any atom is 0.272 e. The van der Waals surface area contributed by atoms with E-state index in [1.54, 1.807) is 36.5 Å². The van der Waals surface area contributed by atoms with Crippen molar-refractivity contribution in [1.29, 1.82) is 0 Å². The quantitative estimate of drug-likeness (QED) is 0.348. The van der Waals surface area contributed by atoms with Gasteiger partial charge in [-0.25, -0.2) is 9.37 Å². The number of benzene rings is 2. The third-order valence-corrected chi connectivity index (χ3v) is 6.13. The third kappa shape index (κ3) is 5.00. The Bertz CT molecular complexity index is 1200. The molecule has 4 rings (SSSR count). The van der Waals surface area contributed by atoms with Crippen LogP contribution in [0.5, 0.6) is 0 Å². The second-order valence-corrected chi connectivity index (χ2v) is 8.51. The Hall–Kier alpha value is -3.16. The highest BCUT2D eigenvalue weighted by Crippen LogP contribution is 2.31. The van der Waals surface area contributed by atoms with Gasteiger partial charge in [-0.15, -0.1) is 0 Å². The summed E-state index contributed by atoms with van der Waals surface area (Å²) in [5.41, 5.74) is 3.13. The molecule has 0 fully saturated rings. The zero-order valence-corrected chi connectivity index (χ0v) is 18.8. The molecule has 1 amide bonds. The van der Waals surface area contributed by atoms with Crippen LogP contribution in [0.2, 0.25) is 5.02 Å².